The molecule has 4 rings (SSSR count). The van der Waals surface area contributed by atoms with Gasteiger partial charge in [0.25, 0.3) is 11.5 Å². The fourth-order valence-corrected chi connectivity index (χ4v) is 3.88. The van der Waals surface area contributed by atoms with Crippen molar-refractivity contribution < 1.29 is 9.53 Å². The third-order valence-electron chi connectivity index (χ3n) is 5.48. The number of nitrogens with one attached hydrogen (secondary N) is 1. The number of aromatic nitrogens is 2. The van der Waals surface area contributed by atoms with Gasteiger partial charge in [0.15, 0.2) is 6.61 Å². The Morgan fingerprint density at radius 3 is 2.90 bits per heavy atom. The Labute approximate surface area is 180 Å². The van der Waals surface area contributed by atoms with Gasteiger partial charge < -0.3 is 10.1 Å². The van der Waals surface area contributed by atoms with E-state index < -0.39 is 0 Å². The van der Waals surface area contributed by atoms with Crippen molar-refractivity contribution in [3.05, 3.63) is 69.8 Å². The molecule has 2 aromatic carbocycles. The van der Waals surface area contributed by atoms with Gasteiger partial charge in [-0.2, -0.15) is 5.26 Å². The van der Waals surface area contributed by atoms with Gasteiger partial charge in [-0.1, -0.05) is 25.0 Å². The maximum atomic E-state index is 12.9. The lowest BCUT2D eigenvalue weighted by Gasteiger charge is -2.16. The summed E-state index contributed by atoms with van der Waals surface area (Å²) in [6, 6.07) is 14.2. The highest BCUT2D eigenvalue weighted by molar-refractivity contribution is 5.97. The summed E-state index contributed by atoms with van der Waals surface area (Å²) in [5.41, 5.74) is 1.87. The highest BCUT2D eigenvalue weighted by Gasteiger charge is 2.15. The molecule has 0 aliphatic carbocycles. The Bertz CT molecular complexity index is 1210. The quantitative estimate of drug-likeness (QED) is 0.688. The van der Waals surface area contributed by atoms with Crippen molar-refractivity contribution in [2.45, 2.75) is 45.2 Å². The molecule has 1 N–H and O–H groups in total. The first kappa shape index (κ1) is 20.6. The summed E-state index contributed by atoms with van der Waals surface area (Å²) in [7, 11) is 0. The fraction of sp³-hybridized carbons (Fsp3) is 0.333. The second-order valence-corrected chi connectivity index (χ2v) is 7.66. The van der Waals surface area contributed by atoms with E-state index in [2.05, 4.69) is 5.32 Å². The van der Waals surface area contributed by atoms with E-state index in [-0.39, 0.29) is 18.1 Å². The Morgan fingerprint density at radius 1 is 1.16 bits per heavy atom. The Morgan fingerprint density at radius 2 is 2.03 bits per heavy atom. The molecule has 7 heteroatoms. The molecule has 7 nitrogen and oxygen atoms in total. The summed E-state index contributed by atoms with van der Waals surface area (Å²) in [5.74, 6) is 1.16. The van der Waals surface area contributed by atoms with Crippen LogP contribution in [0, 0.1) is 11.3 Å². The molecule has 0 saturated heterocycles. The predicted molar refractivity (Wildman–Crippen MR) is 117 cm³/mol. The fourth-order valence-electron chi connectivity index (χ4n) is 3.88. The van der Waals surface area contributed by atoms with E-state index in [1.807, 2.05) is 18.2 Å². The number of hydrogen-bond donors (Lipinski definition) is 1. The highest BCUT2D eigenvalue weighted by atomic mass is 16.5. The summed E-state index contributed by atoms with van der Waals surface area (Å²) in [5, 5.41) is 12.1. The number of hydrogen-bond acceptors (Lipinski definition) is 5. The highest BCUT2D eigenvalue weighted by Crippen LogP contribution is 2.17. The van der Waals surface area contributed by atoms with Gasteiger partial charge >= 0.3 is 0 Å². The molecule has 1 amide bonds. The van der Waals surface area contributed by atoms with E-state index in [0.29, 0.717) is 35.3 Å². The maximum absolute atomic E-state index is 12.9. The molecule has 1 aliphatic heterocycles. The number of rotatable bonds is 5. The predicted octanol–water partition coefficient (Wildman–Crippen LogP) is 3.35. The van der Waals surface area contributed by atoms with Crippen molar-refractivity contribution in [1.29, 1.82) is 5.26 Å². The average Bonchev–Trinajstić information content (AvgIpc) is 2.77. The molecule has 0 spiro atoms. The van der Waals surface area contributed by atoms with Gasteiger partial charge in [-0.25, -0.2) is 4.98 Å². The molecule has 1 aliphatic rings. The first-order valence-corrected chi connectivity index (χ1v) is 10.6. The van der Waals surface area contributed by atoms with Crippen LogP contribution < -0.4 is 15.6 Å². The van der Waals surface area contributed by atoms with E-state index in [1.54, 1.807) is 34.9 Å². The standard InChI is InChI=1S/C24H24N4O3/c25-11-13-31-19-7-5-6-17(14-19)16-26-23(29)18-9-10-20-21(15-18)27-22-8-3-1-2-4-12-28(22)24(20)30/h5-7,9-10,14-15H,1-4,8,12-13,16H2,(H,26,29). The van der Waals surface area contributed by atoms with Crippen LogP contribution in [0.3, 0.4) is 0 Å². The van der Waals surface area contributed by atoms with Gasteiger partial charge in [-0.05, 0) is 48.7 Å². The van der Waals surface area contributed by atoms with Gasteiger partial charge in [0.2, 0.25) is 0 Å². The van der Waals surface area contributed by atoms with Crippen LogP contribution in [0.4, 0.5) is 0 Å². The number of aryl methyl sites for hydroxylation is 1. The summed E-state index contributed by atoms with van der Waals surface area (Å²) < 4.78 is 7.09. The largest absolute Gasteiger partial charge is 0.479 e. The van der Waals surface area contributed by atoms with Crippen LogP contribution in [-0.2, 0) is 19.5 Å². The molecule has 3 aromatic rings. The van der Waals surface area contributed by atoms with Crippen molar-refractivity contribution >= 4 is 16.8 Å². The lowest BCUT2D eigenvalue weighted by atomic mass is 10.1. The zero-order valence-electron chi connectivity index (χ0n) is 17.3. The number of ether oxygens (including phenoxy) is 1. The van der Waals surface area contributed by atoms with Crippen molar-refractivity contribution in [3.63, 3.8) is 0 Å². The Balaban J connectivity index is 1.53. The number of benzene rings is 2. The van der Waals surface area contributed by atoms with Gasteiger partial charge in [-0.15, -0.1) is 0 Å². The molecule has 0 atom stereocenters. The molecule has 0 bridgehead atoms. The molecule has 2 heterocycles. The topological polar surface area (TPSA) is 97.0 Å². The van der Waals surface area contributed by atoms with Crippen molar-refractivity contribution in [1.82, 2.24) is 14.9 Å². The van der Waals surface area contributed by atoms with Crippen molar-refractivity contribution in [3.8, 4) is 11.8 Å². The second-order valence-electron chi connectivity index (χ2n) is 7.66. The van der Waals surface area contributed by atoms with Gasteiger partial charge in [0.05, 0.1) is 10.9 Å². The minimum absolute atomic E-state index is 0.0242. The van der Waals surface area contributed by atoms with Crippen LogP contribution in [0.5, 0.6) is 5.75 Å². The molecular formula is C24H24N4O3. The van der Waals surface area contributed by atoms with Crippen LogP contribution >= 0.6 is 0 Å². The van der Waals surface area contributed by atoms with E-state index in [0.717, 1.165) is 43.5 Å². The van der Waals surface area contributed by atoms with E-state index in [4.69, 9.17) is 15.0 Å². The third-order valence-corrected chi connectivity index (χ3v) is 5.48. The monoisotopic (exact) mass is 416 g/mol. The smallest absolute Gasteiger partial charge is 0.261 e. The number of carbonyl (C=O) groups excluding carboxylic acids is 1. The molecule has 0 fully saturated rings. The van der Waals surface area contributed by atoms with E-state index in [1.165, 1.54) is 0 Å². The molecule has 158 valence electrons. The van der Waals surface area contributed by atoms with Gasteiger partial charge in [0, 0.05) is 25.1 Å². The van der Waals surface area contributed by atoms with Gasteiger partial charge in [-0.3, -0.25) is 14.2 Å². The third kappa shape index (κ3) is 4.75. The summed E-state index contributed by atoms with van der Waals surface area (Å²) in [4.78, 5) is 30.3. The Hall–Kier alpha value is -3.66. The second kappa shape index (κ2) is 9.43. The van der Waals surface area contributed by atoms with Crippen LogP contribution in [0.1, 0.15) is 47.4 Å². The number of carbonyl (C=O) groups is 1. The molecule has 0 radical (unpaired) electrons. The van der Waals surface area contributed by atoms with Gasteiger partial charge in [0.1, 0.15) is 17.6 Å². The normalized spacial score (nSPS) is 13.5. The lowest BCUT2D eigenvalue weighted by molar-refractivity contribution is 0.0951. The molecular weight excluding hydrogens is 392 g/mol. The summed E-state index contributed by atoms with van der Waals surface area (Å²) in [6.07, 6.45) is 5.08. The minimum atomic E-state index is -0.237. The summed E-state index contributed by atoms with van der Waals surface area (Å²) >= 11 is 0. The van der Waals surface area contributed by atoms with Crippen LogP contribution in [0.25, 0.3) is 10.9 Å². The van der Waals surface area contributed by atoms with Crippen LogP contribution in [0.2, 0.25) is 0 Å². The first-order valence-electron chi connectivity index (χ1n) is 10.6. The zero-order valence-corrected chi connectivity index (χ0v) is 17.3. The summed E-state index contributed by atoms with van der Waals surface area (Å²) in [6.45, 7) is 1.00. The number of nitriles is 1. The van der Waals surface area contributed by atoms with Crippen LogP contribution in [0.15, 0.2) is 47.3 Å². The molecule has 31 heavy (non-hydrogen) atoms. The first-order chi connectivity index (χ1) is 15.2. The number of fused-ring (bicyclic) bond motifs is 2. The van der Waals surface area contributed by atoms with Crippen molar-refractivity contribution in [2.24, 2.45) is 0 Å². The zero-order chi connectivity index (χ0) is 21.6. The number of nitrogens with zero attached hydrogens (tertiary/aromatic N) is 3. The van der Waals surface area contributed by atoms with E-state index >= 15 is 0 Å². The van der Waals surface area contributed by atoms with E-state index in [9.17, 15) is 9.59 Å². The average molecular weight is 416 g/mol. The molecule has 0 saturated carbocycles. The number of amides is 1. The maximum Gasteiger partial charge on any atom is 0.261 e. The van der Waals surface area contributed by atoms with Crippen LogP contribution in [-0.4, -0.2) is 22.1 Å². The SMILES string of the molecule is N#CCOc1cccc(CNC(=O)c2ccc3c(=O)n4c(nc3c2)CCCCCC4)c1. The van der Waals surface area contributed by atoms with Crippen molar-refractivity contribution in [2.75, 3.05) is 6.61 Å². The lowest BCUT2D eigenvalue weighted by Crippen LogP contribution is -2.27. The minimum Gasteiger partial charge on any atom is -0.479 e. The Kier molecular flexibility index (Phi) is 6.27. The molecule has 0 unspecified atom stereocenters. The molecule has 1 aromatic heterocycles.